The lowest BCUT2D eigenvalue weighted by Crippen LogP contribution is -2.55. The van der Waals surface area contributed by atoms with Gasteiger partial charge in [0.2, 0.25) is 5.91 Å². The number of amides is 1. The summed E-state index contributed by atoms with van der Waals surface area (Å²) in [4.78, 5) is 11.0. The minimum absolute atomic E-state index is 0.317. The third-order valence-corrected chi connectivity index (χ3v) is 1.54. The minimum Gasteiger partial charge on any atom is -0.394 e. The van der Waals surface area contributed by atoms with Gasteiger partial charge in [-0.25, -0.2) is 0 Å². The van der Waals surface area contributed by atoms with Gasteiger partial charge in [0.05, 0.1) is 24.8 Å². The number of hydrogen-bond acceptors (Lipinski definition) is 4. The number of carbonyl (C=O) groups excluding carboxylic acids is 1. The number of nitrogens with one attached hydrogen (secondary N) is 1. The summed E-state index contributed by atoms with van der Waals surface area (Å²) in [6, 6.07) is -0.637. The maximum Gasteiger partial charge on any atom is 0.237 e. The minimum atomic E-state index is -0.981. The first-order valence-corrected chi connectivity index (χ1v) is 3.74. The maximum atomic E-state index is 11.0. The number of nitrogens with two attached hydrogens (primary N) is 1. The van der Waals surface area contributed by atoms with Crippen LogP contribution in [-0.4, -0.2) is 40.9 Å². The van der Waals surface area contributed by atoms with E-state index in [1.807, 2.05) is 0 Å². The molecule has 0 aliphatic carbocycles. The lowest BCUT2D eigenvalue weighted by Gasteiger charge is -2.26. The van der Waals surface area contributed by atoms with Gasteiger partial charge in [-0.2, -0.15) is 0 Å². The van der Waals surface area contributed by atoms with E-state index in [4.69, 9.17) is 15.9 Å². The van der Waals surface area contributed by atoms with Gasteiger partial charge in [0.25, 0.3) is 0 Å². The third kappa shape index (κ3) is 3.17. The number of aliphatic hydroxyl groups is 2. The molecule has 0 unspecified atom stereocenters. The summed E-state index contributed by atoms with van der Waals surface area (Å²) in [7, 11) is 0. The summed E-state index contributed by atoms with van der Waals surface area (Å²) in [5, 5.41) is 20.0. The molecule has 5 N–H and O–H groups in total. The summed E-state index contributed by atoms with van der Waals surface area (Å²) < 4.78 is 0. The summed E-state index contributed by atoms with van der Waals surface area (Å²) >= 11 is 0. The second kappa shape index (κ2) is 4.39. The maximum absolute atomic E-state index is 11.0. The topological polar surface area (TPSA) is 95.6 Å². The molecule has 0 saturated heterocycles. The molecule has 12 heavy (non-hydrogen) atoms. The van der Waals surface area contributed by atoms with Crippen molar-refractivity contribution in [2.24, 2.45) is 5.73 Å². The molecule has 0 fully saturated rings. The van der Waals surface area contributed by atoms with Crippen LogP contribution in [-0.2, 0) is 4.79 Å². The predicted octanol–water partition coefficient (Wildman–Crippen LogP) is -1.81. The van der Waals surface area contributed by atoms with Crippen LogP contribution in [0, 0.1) is 0 Å². The third-order valence-electron chi connectivity index (χ3n) is 1.54. The smallest absolute Gasteiger partial charge is 0.237 e. The van der Waals surface area contributed by atoms with Gasteiger partial charge < -0.3 is 21.3 Å². The SMILES string of the molecule is C[C@@H](N)C(=O)NC(C)(CO)CO. The molecule has 0 aromatic heterocycles. The zero-order chi connectivity index (χ0) is 9.78. The Bertz CT molecular complexity index is 155. The van der Waals surface area contributed by atoms with Crippen molar-refractivity contribution >= 4 is 5.91 Å². The van der Waals surface area contributed by atoms with E-state index >= 15 is 0 Å². The molecule has 1 atom stereocenters. The van der Waals surface area contributed by atoms with Crippen molar-refractivity contribution in [1.82, 2.24) is 5.32 Å². The summed E-state index contributed by atoms with van der Waals surface area (Å²) in [5.41, 5.74) is 4.30. The van der Waals surface area contributed by atoms with E-state index in [9.17, 15) is 4.79 Å². The van der Waals surface area contributed by atoms with Crippen molar-refractivity contribution in [2.45, 2.75) is 25.4 Å². The molecule has 0 saturated carbocycles. The van der Waals surface area contributed by atoms with Crippen molar-refractivity contribution in [3.63, 3.8) is 0 Å². The van der Waals surface area contributed by atoms with Crippen LogP contribution in [0.15, 0.2) is 0 Å². The zero-order valence-electron chi connectivity index (χ0n) is 7.37. The average molecular weight is 176 g/mol. The molecule has 0 spiro atoms. The predicted molar refractivity (Wildman–Crippen MR) is 44.4 cm³/mol. The average Bonchev–Trinajstić information content (AvgIpc) is 2.04. The highest BCUT2D eigenvalue weighted by molar-refractivity contribution is 5.81. The van der Waals surface area contributed by atoms with Gasteiger partial charge in [-0.1, -0.05) is 0 Å². The van der Waals surface area contributed by atoms with Crippen molar-refractivity contribution in [3.05, 3.63) is 0 Å². The lowest BCUT2D eigenvalue weighted by molar-refractivity contribution is -0.125. The molecular weight excluding hydrogens is 160 g/mol. The Hall–Kier alpha value is -0.650. The molecule has 0 aliphatic heterocycles. The monoisotopic (exact) mass is 176 g/mol. The number of hydrogen-bond donors (Lipinski definition) is 4. The standard InChI is InChI=1S/C7H16N2O3/c1-5(8)6(12)9-7(2,3-10)4-11/h5,10-11H,3-4,8H2,1-2H3,(H,9,12)/t5-/m1/s1. The fourth-order valence-electron chi connectivity index (χ4n) is 0.540. The molecule has 0 aromatic rings. The molecule has 0 aromatic carbocycles. The van der Waals surface area contributed by atoms with Gasteiger partial charge in [-0.3, -0.25) is 4.79 Å². The fourth-order valence-corrected chi connectivity index (χ4v) is 0.540. The summed E-state index contributed by atoms with van der Waals surface area (Å²) in [6.07, 6.45) is 0. The molecule has 0 radical (unpaired) electrons. The molecular formula is C7H16N2O3. The Morgan fingerprint density at radius 2 is 2.00 bits per heavy atom. The van der Waals surface area contributed by atoms with E-state index in [0.29, 0.717) is 0 Å². The van der Waals surface area contributed by atoms with E-state index in [0.717, 1.165) is 0 Å². The Labute approximate surface area is 71.6 Å². The van der Waals surface area contributed by atoms with Gasteiger partial charge >= 0.3 is 0 Å². The molecule has 5 nitrogen and oxygen atoms in total. The normalized spacial score (nSPS) is 14.1. The van der Waals surface area contributed by atoms with Crippen LogP contribution in [0.4, 0.5) is 0 Å². The molecule has 0 rings (SSSR count). The van der Waals surface area contributed by atoms with Crippen LogP contribution < -0.4 is 11.1 Å². The van der Waals surface area contributed by atoms with Gasteiger partial charge in [0.15, 0.2) is 0 Å². The largest absolute Gasteiger partial charge is 0.394 e. The molecule has 1 amide bonds. The van der Waals surface area contributed by atoms with Crippen molar-refractivity contribution in [3.8, 4) is 0 Å². The Morgan fingerprint density at radius 1 is 1.58 bits per heavy atom. The molecule has 0 aliphatic rings. The zero-order valence-corrected chi connectivity index (χ0v) is 7.37. The van der Waals surface area contributed by atoms with E-state index in [1.165, 1.54) is 13.8 Å². The highest BCUT2D eigenvalue weighted by Crippen LogP contribution is 2.00. The molecule has 72 valence electrons. The van der Waals surface area contributed by atoms with Crippen LogP contribution >= 0.6 is 0 Å². The summed E-state index contributed by atoms with van der Waals surface area (Å²) in [6.45, 7) is 2.43. The first kappa shape index (κ1) is 11.4. The van der Waals surface area contributed by atoms with E-state index in [1.54, 1.807) is 0 Å². The second-order valence-corrected chi connectivity index (χ2v) is 3.15. The summed E-state index contributed by atoms with van der Waals surface area (Å²) in [5.74, 6) is -0.388. The van der Waals surface area contributed by atoms with E-state index < -0.39 is 11.6 Å². The Morgan fingerprint density at radius 3 is 2.25 bits per heavy atom. The highest BCUT2D eigenvalue weighted by Gasteiger charge is 2.25. The Kier molecular flexibility index (Phi) is 4.16. The van der Waals surface area contributed by atoms with Crippen LogP contribution in [0.1, 0.15) is 13.8 Å². The number of rotatable bonds is 4. The van der Waals surface area contributed by atoms with Crippen molar-refractivity contribution < 1.29 is 15.0 Å². The molecule has 0 bridgehead atoms. The molecule has 5 heteroatoms. The highest BCUT2D eigenvalue weighted by atomic mass is 16.3. The van der Waals surface area contributed by atoms with E-state index in [2.05, 4.69) is 5.32 Å². The molecule has 0 heterocycles. The quantitative estimate of drug-likeness (QED) is 0.406. The van der Waals surface area contributed by atoms with Crippen LogP contribution in [0.5, 0.6) is 0 Å². The van der Waals surface area contributed by atoms with Crippen molar-refractivity contribution in [1.29, 1.82) is 0 Å². The van der Waals surface area contributed by atoms with Crippen LogP contribution in [0.25, 0.3) is 0 Å². The number of carbonyl (C=O) groups is 1. The first-order chi connectivity index (χ1) is 5.45. The van der Waals surface area contributed by atoms with Gasteiger partial charge in [-0.05, 0) is 13.8 Å². The lowest BCUT2D eigenvalue weighted by atomic mass is 10.1. The van der Waals surface area contributed by atoms with Gasteiger partial charge in [-0.15, -0.1) is 0 Å². The fraction of sp³-hybridized carbons (Fsp3) is 0.857. The van der Waals surface area contributed by atoms with Crippen LogP contribution in [0.2, 0.25) is 0 Å². The van der Waals surface area contributed by atoms with E-state index in [-0.39, 0.29) is 19.1 Å². The second-order valence-electron chi connectivity index (χ2n) is 3.15. The van der Waals surface area contributed by atoms with Crippen LogP contribution in [0.3, 0.4) is 0 Å². The van der Waals surface area contributed by atoms with Gasteiger partial charge in [0, 0.05) is 0 Å². The first-order valence-electron chi connectivity index (χ1n) is 3.74. The van der Waals surface area contributed by atoms with Crippen molar-refractivity contribution in [2.75, 3.05) is 13.2 Å². The Balaban J connectivity index is 4.12. The number of aliphatic hydroxyl groups excluding tert-OH is 2. The van der Waals surface area contributed by atoms with Gasteiger partial charge in [0.1, 0.15) is 0 Å².